The maximum atomic E-state index is 12.8. The number of hydrogen-bond donors (Lipinski definition) is 2. The van der Waals surface area contributed by atoms with Crippen LogP contribution in [0.1, 0.15) is 77.8 Å². The number of benzene rings is 2. The number of rotatable bonds is 20. The van der Waals surface area contributed by atoms with Crippen molar-refractivity contribution in [1.82, 2.24) is 15.1 Å². The number of carboxylic acid groups (broad SMARTS) is 1. The molecule has 0 fully saturated rings. The Morgan fingerprint density at radius 1 is 0.880 bits per heavy atom. The second-order valence-electron chi connectivity index (χ2n) is 13.8. The van der Waals surface area contributed by atoms with E-state index < -0.39 is 24.2 Å². The highest BCUT2D eigenvalue weighted by molar-refractivity contribution is 5.78. The van der Waals surface area contributed by atoms with Gasteiger partial charge in [-0.15, -0.1) is 0 Å². The standard InChI is InChI=1S/C40H53N3O7/c1-10-27(6)40(35(49-9)19-20-37(47)48)42(7)34(22-45)38(25(2)3)41-33(21-44)39(26(4)5)43(8)36(23-46)50-24-32-30-17-13-11-15-28(30)29-16-12-14-18-31(29)32/h11-18,25-27,32,35,38-41H,10,19-20,24H2,1-9H3,(H,47,48)/t27-,35+,38-,39-,40?/m0/s1. The topological polar surface area (TPSA) is 125 Å². The van der Waals surface area contributed by atoms with Crippen molar-refractivity contribution in [3.8, 4) is 11.1 Å². The molecule has 270 valence electrons. The quantitative estimate of drug-likeness (QED) is 0.132. The van der Waals surface area contributed by atoms with Gasteiger partial charge in [-0.25, -0.2) is 14.4 Å². The number of carboxylic acids is 1. The highest BCUT2D eigenvalue weighted by Gasteiger charge is 2.37. The summed E-state index contributed by atoms with van der Waals surface area (Å²) in [4.78, 5) is 52.8. The average Bonchev–Trinajstić information content (AvgIpc) is 3.42. The van der Waals surface area contributed by atoms with E-state index in [-0.39, 0.29) is 66.4 Å². The predicted molar refractivity (Wildman–Crippen MR) is 194 cm³/mol. The largest absolute Gasteiger partial charge is 0.481 e. The van der Waals surface area contributed by atoms with E-state index in [0.717, 1.165) is 28.7 Å². The third-order valence-corrected chi connectivity index (χ3v) is 9.97. The normalized spacial score (nSPS) is 14.9. The van der Waals surface area contributed by atoms with Gasteiger partial charge in [0.15, 0.2) is 5.94 Å². The van der Waals surface area contributed by atoms with Gasteiger partial charge in [-0.3, -0.25) is 4.79 Å². The van der Waals surface area contributed by atoms with E-state index >= 15 is 0 Å². The van der Waals surface area contributed by atoms with Crippen molar-refractivity contribution >= 4 is 23.8 Å². The average molecular weight is 688 g/mol. The van der Waals surface area contributed by atoms with Gasteiger partial charge in [-0.1, -0.05) is 96.5 Å². The van der Waals surface area contributed by atoms with E-state index in [0.29, 0.717) is 0 Å². The van der Waals surface area contributed by atoms with E-state index in [2.05, 4.69) is 41.5 Å². The molecular formula is C40H53N3O7. The third kappa shape index (κ3) is 8.95. The van der Waals surface area contributed by atoms with Gasteiger partial charge in [-0.2, -0.15) is 0 Å². The third-order valence-electron chi connectivity index (χ3n) is 9.97. The van der Waals surface area contributed by atoms with Crippen LogP contribution in [-0.4, -0.2) is 90.7 Å². The first-order valence-corrected chi connectivity index (χ1v) is 17.4. The number of fused-ring (bicyclic) bond motifs is 3. The van der Waals surface area contributed by atoms with Crippen molar-refractivity contribution in [1.29, 1.82) is 0 Å². The Kier molecular flexibility index (Phi) is 14.7. The zero-order valence-electron chi connectivity index (χ0n) is 30.9. The van der Waals surface area contributed by atoms with Crippen LogP contribution in [0.3, 0.4) is 0 Å². The number of likely N-dealkylation sites (N-methyl/N-ethyl adjacent to an activating group) is 2. The first-order valence-electron chi connectivity index (χ1n) is 17.4. The molecule has 2 aromatic carbocycles. The minimum absolute atomic E-state index is 0.0294. The Hall–Kier alpha value is -4.58. The van der Waals surface area contributed by atoms with Crippen molar-refractivity contribution in [2.75, 3.05) is 27.8 Å². The fourth-order valence-corrected chi connectivity index (χ4v) is 7.25. The lowest BCUT2D eigenvalue weighted by Crippen LogP contribution is -2.53. The van der Waals surface area contributed by atoms with Crippen LogP contribution in [-0.2, 0) is 28.7 Å². The number of hydrogen-bond acceptors (Lipinski definition) is 9. The van der Waals surface area contributed by atoms with Crippen LogP contribution in [0.25, 0.3) is 11.1 Å². The Balaban J connectivity index is 1.89. The zero-order chi connectivity index (χ0) is 37.1. The van der Waals surface area contributed by atoms with Crippen molar-refractivity contribution in [2.24, 2.45) is 17.8 Å². The van der Waals surface area contributed by atoms with Gasteiger partial charge in [-0.05, 0) is 46.4 Å². The number of carbonyl (C=O) groups excluding carboxylic acids is 3. The van der Waals surface area contributed by atoms with E-state index in [1.54, 1.807) is 26.1 Å². The highest BCUT2D eigenvalue weighted by Crippen LogP contribution is 2.44. The predicted octanol–water partition coefficient (Wildman–Crippen LogP) is 5.72. The second kappa shape index (κ2) is 18.4. The van der Waals surface area contributed by atoms with Crippen LogP contribution in [0.2, 0.25) is 0 Å². The number of nitrogens with one attached hydrogen (secondary N) is 1. The summed E-state index contributed by atoms with van der Waals surface area (Å²) in [5.41, 5.74) is 4.91. The first kappa shape index (κ1) is 39.9. The Morgan fingerprint density at radius 2 is 1.46 bits per heavy atom. The monoisotopic (exact) mass is 687 g/mol. The summed E-state index contributed by atoms with van der Waals surface area (Å²) in [6, 6.07) is 14.6. The molecule has 2 aromatic rings. The van der Waals surface area contributed by atoms with Gasteiger partial charge < -0.3 is 29.7 Å². The van der Waals surface area contributed by atoms with Gasteiger partial charge in [0.2, 0.25) is 0 Å². The molecule has 1 unspecified atom stereocenters. The smallest absolute Gasteiger partial charge is 0.303 e. The molecule has 0 heterocycles. The van der Waals surface area contributed by atoms with Gasteiger partial charge in [0.25, 0.3) is 5.88 Å². The number of aliphatic carboxylic acids is 1. The summed E-state index contributed by atoms with van der Waals surface area (Å²) < 4.78 is 12.0. The van der Waals surface area contributed by atoms with Gasteiger partial charge in [0.1, 0.15) is 29.9 Å². The molecule has 2 N–H and O–H groups in total. The van der Waals surface area contributed by atoms with Crippen LogP contribution in [0.15, 0.2) is 65.8 Å². The Labute approximate surface area is 296 Å². The molecule has 3 rings (SSSR count). The van der Waals surface area contributed by atoms with Crippen molar-refractivity contribution in [3.63, 3.8) is 0 Å². The maximum absolute atomic E-state index is 12.8. The summed E-state index contributed by atoms with van der Waals surface area (Å²) in [7, 11) is 4.99. The molecule has 0 bridgehead atoms. The number of methoxy groups -OCH3 is 1. The molecule has 1 aliphatic carbocycles. The van der Waals surface area contributed by atoms with Gasteiger partial charge in [0.05, 0.1) is 24.2 Å². The summed E-state index contributed by atoms with van der Waals surface area (Å²) in [5, 5.41) is 12.7. The molecule has 0 amide bonds. The maximum Gasteiger partial charge on any atom is 0.303 e. The van der Waals surface area contributed by atoms with Crippen LogP contribution in [0, 0.1) is 17.8 Å². The molecule has 0 saturated heterocycles. The molecule has 50 heavy (non-hydrogen) atoms. The zero-order valence-corrected chi connectivity index (χ0v) is 30.9. The van der Waals surface area contributed by atoms with Gasteiger partial charge >= 0.3 is 5.97 Å². The van der Waals surface area contributed by atoms with E-state index in [4.69, 9.17) is 9.47 Å². The lowest BCUT2D eigenvalue weighted by atomic mass is 9.88. The molecule has 10 nitrogen and oxygen atoms in total. The fourth-order valence-electron chi connectivity index (χ4n) is 7.25. The van der Waals surface area contributed by atoms with Crippen LogP contribution < -0.4 is 5.32 Å². The lowest BCUT2D eigenvalue weighted by molar-refractivity contribution is -0.138. The molecule has 0 spiro atoms. The minimum atomic E-state index is -0.930. The minimum Gasteiger partial charge on any atom is -0.481 e. The molecule has 0 saturated carbocycles. The van der Waals surface area contributed by atoms with E-state index in [1.807, 2.05) is 76.6 Å². The molecule has 0 aliphatic heterocycles. The van der Waals surface area contributed by atoms with Crippen LogP contribution in [0.5, 0.6) is 0 Å². The first-order chi connectivity index (χ1) is 23.9. The molecule has 0 aromatic heterocycles. The second-order valence-corrected chi connectivity index (χ2v) is 13.8. The molecule has 10 heteroatoms. The van der Waals surface area contributed by atoms with Gasteiger partial charge in [0, 0.05) is 33.5 Å². The summed E-state index contributed by atoms with van der Waals surface area (Å²) in [5.74, 6) is 4.71. The molecular weight excluding hydrogens is 634 g/mol. The summed E-state index contributed by atoms with van der Waals surface area (Å²) in [6.07, 6.45) is 0.455. The lowest BCUT2D eigenvalue weighted by Gasteiger charge is -2.42. The van der Waals surface area contributed by atoms with Crippen LogP contribution >= 0.6 is 0 Å². The molecule has 0 radical (unpaired) electrons. The van der Waals surface area contributed by atoms with E-state index in [1.165, 1.54) is 0 Å². The number of ether oxygens (including phenoxy) is 2. The fraction of sp³-hybridized carbons (Fsp3) is 0.525. The van der Waals surface area contributed by atoms with Crippen LogP contribution in [0.4, 0.5) is 0 Å². The summed E-state index contributed by atoms with van der Waals surface area (Å²) in [6.45, 7) is 11.9. The Bertz CT molecular complexity index is 1570. The molecule has 5 atom stereocenters. The number of nitrogens with zero attached hydrogens (tertiary/aromatic N) is 2. The van der Waals surface area contributed by atoms with Crippen molar-refractivity contribution in [2.45, 2.75) is 91.0 Å². The highest BCUT2D eigenvalue weighted by atomic mass is 16.5. The summed E-state index contributed by atoms with van der Waals surface area (Å²) >= 11 is 0. The van der Waals surface area contributed by atoms with E-state index in [9.17, 15) is 24.3 Å². The van der Waals surface area contributed by atoms with Crippen molar-refractivity contribution < 1.29 is 33.8 Å². The SMILES string of the molecule is CC[C@H](C)C([C@@H](CCC(=O)O)OC)N(C)C(=C=O)[C@@H](NC(=C=O)[C@H](C(C)C)N(C)C(=C=O)OCC1c2ccccc2-c2ccccc21)C(C)C. The number of carbonyl (C=O) groups is 1. The van der Waals surface area contributed by atoms with Crippen molar-refractivity contribution in [3.05, 3.63) is 76.9 Å². The Morgan fingerprint density at radius 3 is 1.90 bits per heavy atom. The molecule has 1 aliphatic rings.